The summed E-state index contributed by atoms with van der Waals surface area (Å²) in [6.45, 7) is 2.09. The van der Waals surface area contributed by atoms with Crippen molar-refractivity contribution in [2.75, 3.05) is 6.54 Å². The molecule has 0 bridgehead atoms. The standard InChI is InChI=1S/C28H29F3N2O2/c1-17-13-20-19-7-3-4-8-23(19)32-26(20)27(33(17)16-28(31)11-5-2-6-12-28)25-21(29)14-18(15-22(25)30)9-10-24(34)35/h3-4,7-10,14-15,17,27,32H,2,5-6,11-13,16H2,1H3,(H,34,35)/b10-9+/t17-,27-/m1/s1. The highest BCUT2D eigenvalue weighted by molar-refractivity contribution is 5.86. The van der Waals surface area contributed by atoms with Crippen LogP contribution in [0.25, 0.3) is 17.0 Å². The van der Waals surface area contributed by atoms with Gasteiger partial charge in [-0.3, -0.25) is 4.90 Å². The first-order chi connectivity index (χ1) is 16.8. The number of nitrogens with one attached hydrogen (secondary N) is 1. The molecule has 1 saturated carbocycles. The molecule has 2 aliphatic rings. The van der Waals surface area contributed by atoms with Gasteiger partial charge in [0.2, 0.25) is 0 Å². The average Bonchev–Trinajstić information content (AvgIpc) is 3.17. The molecule has 1 aromatic heterocycles. The maximum Gasteiger partial charge on any atom is 0.328 e. The maximum atomic E-state index is 15.9. The van der Waals surface area contributed by atoms with Gasteiger partial charge < -0.3 is 10.1 Å². The van der Waals surface area contributed by atoms with Crippen LogP contribution in [0.15, 0.2) is 42.5 Å². The summed E-state index contributed by atoms with van der Waals surface area (Å²) in [6.07, 6.45) is 6.18. The fraction of sp³-hybridized carbons (Fsp3) is 0.393. The van der Waals surface area contributed by atoms with E-state index < -0.39 is 29.3 Å². The van der Waals surface area contributed by atoms with E-state index in [-0.39, 0.29) is 23.7 Å². The van der Waals surface area contributed by atoms with Crippen LogP contribution in [0.4, 0.5) is 13.2 Å². The van der Waals surface area contributed by atoms with Gasteiger partial charge >= 0.3 is 5.97 Å². The molecule has 7 heteroatoms. The van der Waals surface area contributed by atoms with Crippen LogP contribution in [0, 0.1) is 11.6 Å². The third-order valence-corrected chi connectivity index (χ3v) is 7.53. The second-order valence-corrected chi connectivity index (χ2v) is 9.97. The molecule has 3 aromatic rings. The molecule has 0 amide bonds. The molecule has 2 atom stereocenters. The van der Waals surface area contributed by atoms with Crippen molar-refractivity contribution >= 4 is 22.9 Å². The van der Waals surface area contributed by atoms with E-state index in [9.17, 15) is 4.79 Å². The van der Waals surface area contributed by atoms with Gasteiger partial charge in [0.1, 0.15) is 17.3 Å². The molecule has 0 saturated heterocycles. The molecule has 0 radical (unpaired) electrons. The molecular weight excluding hydrogens is 453 g/mol. The number of benzene rings is 2. The molecule has 184 valence electrons. The van der Waals surface area contributed by atoms with Crippen LogP contribution >= 0.6 is 0 Å². The maximum absolute atomic E-state index is 15.9. The normalized spacial score (nSPS) is 22.5. The number of H-pyrrole nitrogens is 1. The van der Waals surface area contributed by atoms with Crippen LogP contribution in [0.1, 0.15) is 67.5 Å². The van der Waals surface area contributed by atoms with Crippen molar-refractivity contribution in [2.45, 2.75) is 63.2 Å². The van der Waals surface area contributed by atoms with E-state index in [4.69, 9.17) is 5.11 Å². The summed E-state index contributed by atoms with van der Waals surface area (Å²) >= 11 is 0. The van der Waals surface area contributed by atoms with E-state index >= 15 is 13.2 Å². The monoisotopic (exact) mass is 482 g/mol. The van der Waals surface area contributed by atoms with E-state index in [1.807, 2.05) is 36.1 Å². The molecule has 1 fully saturated rings. The lowest BCUT2D eigenvalue weighted by Gasteiger charge is -2.45. The summed E-state index contributed by atoms with van der Waals surface area (Å²) in [7, 11) is 0. The van der Waals surface area contributed by atoms with Crippen molar-refractivity contribution in [2.24, 2.45) is 0 Å². The van der Waals surface area contributed by atoms with Gasteiger partial charge in [0.25, 0.3) is 0 Å². The molecule has 4 nitrogen and oxygen atoms in total. The zero-order valence-corrected chi connectivity index (χ0v) is 19.7. The first kappa shape index (κ1) is 23.7. The molecule has 0 unspecified atom stereocenters. The van der Waals surface area contributed by atoms with Gasteiger partial charge in [-0.25, -0.2) is 18.0 Å². The SMILES string of the molecule is C[C@@H]1Cc2c([nH]c3ccccc23)[C@@H](c2c(F)cc(/C=C/C(=O)O)cc2F)N1CC1(F)CCCCC1. The van der Waals surface area contributed by atoms with E-state index in [2.05, 4.69) is 4.98 Å². The molecular formula is C28H29F3N2O2. The van der Waals surface area contributed by atoms with E-state index in [1.54, 1.807) is 0 Å². The predicted molar refractivity (Wildman–Crippen MR) is 130 cm³/mol. The quantitative estimate of drug-likeness (QED) is 0.406. The molecule has 1 aliphatic carbocycles. The Morgan fingerprint density at radius 2 is 1.86 bits per heavy atom. The number of carbonyl (C=O) groups is 1. The smallest absolute Gasteiger partial charge is 0.328 e. The second kappa shape index (κ2) is 9.19. The second-order valence-electron chi connectivity index (χ2n) is 9.97. The fourth-order valence-corrected chi connectivity index (χ4v) is 5.86. The number of hydrogen-bond donors (Lipinski definition) is 2. The Morgan fingerprint density at radius 3 is 2.54 bits per heavy atom. The van der Waals surface area contributed by atoms with Crippen LogP contribution in [0.2, 0.25) is 0 Å². The minimum Gasteiger partial charge on any atom is -0.478 e. The van der Waals surface area contributed by atoms with Crippen molar-refractivity contribution < 1.29 is 23.1 Å². The number of rotatable bonds is 5. The molecule has 2 aromatic carbocycles. The van der Waals surface area contributed by atoms with Gasteiger partial charge in [-0.2, -0.15) is 0 Å². The molecule has 1 aliphatic heterocycles. The number of fused-ring (bicyclic) bond motifs is 3. The summed E-state index contributed by atoms with van der Waals surface area (Å²) in [4.78, 5) is 16.2. The highest BCUT2D eigenvalue weighted by Gasteiger charge is 2.43. The van der Waals surface area contributed by atoms with E-state index in [0.29, 0.717) is 25.0 Å². The molecule has 5 rings (SSSR count). The summed E-state index contributed by atoms with van der Waals surface area (Å²) in [6, 6.07) is 9.10. The number of carboxylic acids is 1. The molecule has 2 heterocycles. The third-order valence-electron chi connectivity index (χ3n) is 7.53. The van der Waals surface area contributed by atoms with Gasteiger partial charge in [0.05, 0.1) is 6.04 Å². The van der Waals surface area contributed by atoms with Gasteiger partial charge in [0.15, 0.2) is 0 Å². The van der Waals surface area contributed by atoms with Crippen LogP contribution in [-0.2, 0) is 11.2 Å². The Morgan fingerprint density at radius 1 is 1.17 bits per heavy atom. The largest absolute Gasteiger partial charge is 0.478 e. The highest BCUT2D eigenvalue weighted by atomic mass is 19.1. The number of nitrogens with zero attached hydrogens (tertiary/aromatic N) is 1. The van der Waals surface area contributed by atoms with Crippen LogP contribution < -0.4 is 0 Å². The number of aromatic amines is 1. The van der Waals surface area contributed by atoms with Crippen molar-refractivity contribution in [1.29, 1.82) is 0 Å². The lowest BCUT2D eigenvalue weighted by Crippen LogP contribution is -2.50. The van der Waals surface area contributed by atoms with E-state index in [1.165, 1.54) is 0 Å². The van der Waals surface area contributed by atoms with Crippen molar-refractivity contribution in [1.82, 2.24) is 9.88 Å². The zero-order valence-electron chi connectivity index (χ0n) is 19.7. The minimum atomic E-state index is -1.40. The Kier molecular flexibility index (Phi) is 6.21. The van der Waals surface area contributed by atoms with Crippen molar-refractivity contribution in [3.8, 4) is 0 Å². The number of alkyl halides is 1. The first-order valence-corrected chi connectivity index (χ1v) is 12.2. The van der Waals surface area contributed by atoms with Crippen LogP contribution in [0.3, 0.4) is 0 Å². The summed E-state index contributed by atoms with van der Waals surface area (Å²) in [5, 5.41) is 9.88. The topological polar surface area (TPSA) is 56.3 Å². The Bertz CT molecular complexity index is 1270. The lowest BCUT2D eigenvalue weighted by molar-refractivity contribution is -0.131. The molecule has 2 N–H and O–H groups in total. The van der Waals surface area contributed by atoms with Crippen molar-refractivity contribution in [3.63, 3.8) is 0 Å². The average molecular weight is 483 g/mol. The number of halogens is 3. The van der Waals surface area contributed by atoms with Crippen molar-refractivity contribution in [3.05, 3.63) is 76.5 Å². The number of hydrogen-bond acceptors (Lipinski definition) is 2. The van der Waals surface area contributed by atoms with Gasteiger partial charge in [-0.1, -0.05) is 37.5 Å². The summed E-state index contributed by atoms with van der Waals surface area (Å²) in [5.74, 6) is -2.76. The number of aliphatic carboxylic acids is 1. The van der Waals surface area contributed by atoms with Gasteiger partial charge in [-0.05, 0) is 61.6 Å². The van der Waals surface area contributed by atoms with Crippen LogP contribution in [-0.4, -0.2) is 39.2 Å². The van der Waals surface area contributed by atoms with E-state index in [0.717, 1.165) is 60.0 Å². The minimum absolute atomic E-state index is 0.104. The highest BCUT2D eigenvalue weighted by Crippen LogP contribution is 2.45. The summed E-state index contributed by atoms with van der Waals surface area (Å²) in [5.41, 5.74) is 1.15. The Balaban J connectivity index is 1.65. The number of para-hydroxylation sites is 1. The fourth-order valence-electron chi connectivity index (χ4n) is 5.86. The summed E-state index contributed by atoms with van der Waals surface area (Å²) < 4.78 is 47.1. The predicted octanol–water partition coefficient (Wildman–Crippen LogP) is 6.55. The third kappa shape index (κ3) is 4.49. The first-order valence-electron chi connectivity index (χ1n) is 12.2. The zero-order chi connectivity index (χ0) is 24.7. The molecule has 0 spiro atoms. The van der Waals surface area contributed by atoms with Gasteiger partial charge in [0, 0.05) is 40.8 Å². The lowest BCUT2D eigenvalue weighted by atomic mass is 9.82. The van der Waals surface area contributed by atoms with Crippen LogP contribution in [0.5, 0.6) is 0 Å². The number of aromatic nitrogens is 1. The Hall–Kier alpha value is -3.06. The number of carboxylic acid groups (broad SMARTS) is 1. The molecule has 35 heavy (non-hydrogen) atoms. The van der Waals surface area contributed by atoms with Gasteiger partial charge in [-0.15, -0.1) is 0 Å². The Labute approximate surface area is 202 Å².